The lowest BCUT2D eigenvalue weighted by molar-refractivity contribution is 0.0922. The van der Waals surface area contributed by atoms with Crippen LogP contribution in [-0.4, -0.2) is 12.5 Å². The summed E-state index contributed by atoms with van der Waals surface area (Å²) in [4.78, 5) is 11.8. The quantitative estimate of drug-likeness (QED) is 0.834. The number of amides is 1. The minimum atomic E-state index is -0.218. The van der Waals surface area contributed by atoms with Crippen LogP contribution in [0.25, 0.3) is 0 Å². The van der Waals surface area contributed by atoms with Gasteiger partial charge in [-0.3, -0.25) is 4.79 Å². The molecule has 0 saturated heterocycles. The van der Waals surface area contributed by atoms with Crippen molar-refractivity contribution in [1.29, 1.82) is 0 Å². The van der Waals surface area contributed by atoms with E-state index in [1.54, 1.807) is 19.1 Å². The van der Waals surface area contributed by atoms with Gasteiger partial charge >= 0.3 is 0 Å². The van der Waals surface area contributed by atoms with Crippen LogP contribution in [0, 0.1) is 18.8 Å². The van der Waals surface area contributed by atoms with Gasteiger partial charge in [-0.05, 0) is 36.8 Å². The maximum atomic E-state index is 11.8. The summed E-state index contributed by atoms with van der Waals surface area (Å²) in [5.74, 6) is 6.57. The molecule has 0 aliphatic rings. The fraction of sp³-hybridized carbons (Fsp3) is 0.188. The highest BCUT2D eigenvalue weighted by atomic mass is 16.3. The van der Waals surface area contributed by atoms with Crippen molar-refractivity contribution >= 4 is 5.91 Å². The number of benzene rings is 1. The molecular formula is C16H16N2O2. The lowest BCUT2D eigenvalue weighted by Gasteiger charge is -2.03. The normalized spacial score (nSPS) is 9.70. The van der Waals surface area contributed by atoms with Gasteiger partial charge in [0.05, 0.1) is 6.54 Å². The summed E-state index contributed by atoms with van der Waals surface area (Å²) >= 11 is 0. The van der Waals surface area contributed by atoms with E-state index >= 15 is 0 Å². The van der Waals surface area contributed by atoms with Gasteiger partial charge in [-0.25, -0.2) is 0 Å². The largest absolute Gasteiger partial charge is 0.456 e. The minimum Gasteiger partial charge on any atom is -0.456 e. The molecule has 1 aromatic heterocycles. The van der Waals surface area contributed by atoms with Gasteiger partial charge < -0.3 is 15.5 Å². The first-order valence-electron chi connectivity index (χ1n) is 6.31. The molecule has 1 heterocycles. The molecule has 20 heavy (non-hydrogen) atoms. The van der Waals surface area contributed by atoms with E-state index in [0.29, 0.717) is 18.8 Å². The molecule has 4 heteroatoms. The molecule has 2 aromatic rings. The second-order valence-corrected chi connectivity index (χ2v) is 4.30. The van der Waals surface area contributed by atoms with E-state index in [9.17, 15) is 4.79 Å². The van der Waals surface area contributed by atoms with Crippen molar-refractivity contribution in [3.63, 3.8) is 0 Å². The highest BCUT2D eigenvalue weighted by Crippen LogP contribution is 2.07. The molecule has 0 aliphatic carbocycles. The number of hydrogen-bond donors (Lipinski definition) is 2. The summed E-state index contributed by atoms with van der Waals surface area (Å²) in [6, 6.07) is 11.1. The van der Waals surface area contributed by atoms with Gasteiger partial charge in [0, 0.05) is 12.1 Å². The third kappa shape index (κ3) is 3.74. The monoisotopic (exact) mass is 268 g/mol. The molecular weight excluding hydrogens is 252 g/mol. The average molecular weight is 268 g/mol. The molecule has 2 rings (SSSR count). The molecule has 4 nitrogen and oxygen atoms in total. The van der Waals surface area contributed by atoms with Crippen molar-refractivity contribution in [2.75, 3.05) is 6.54 Å². The zero-order chi connectivity index (χ0) is 14.4. The number of carbonyl (C=O) groups excluding carboxylic acids is 1. The molecule has 0 fully saturated rings. The van der Waals surface area contributed by atoms with Gasteiger partial charge in [0.25, 0.3) is 5.91 Å². The smallest absolute Gasteiger partial charge is 0.287 e. The van der Waals surface area contributed by atoms with Crippen molar-refractivity contribution in [3.05, 3.63) is 59.0 Å². The molecule has 0 spiro atoms. The minimum absolute atomic E-state index is 0.218. The van der Waals surface area contributed by atoms with Crippen molar-refractivity contribution < 1.29 is 9.21 Å². The third-order valence-electron chi connectivity index (χ3n) is 2.71. The Morgan fingerprint density at radius 3 is 2.60 bits per heavy atom. The molecule has 0 saturated carbocycles. The Hall–Kier alpha value is -2.51. The highest BCUT2D eigenvalue weighted by Gasteiger charge is 2.08. The van der Waals surface area contributed by atoms with Crippen LogP contribution in [0.3, 0.4) is 0 Å². The van der Waals surface area contributed by atoms with Gasteiger partial charge in [-0.15, -0.1) is 0 Å². The second-order valence-electron chi connectivity index (χ2n) is 4.30. The summed E-state index contributed by atoms with van der Waals surface area (Å²) in [5, 5.41) is 2.80. The summed E-state index contributed by atoms with van der Waals surface area (Å²) in [7, 11) is 0. The summed E-state index contributed by atoms with van der Waals surface area (Å²) in [5.41, 5.74) is 7.22. The molecule has 1 aromatic carbocycles. The SMILES string of the molecule is Cc1ccc(C(=O)NCc2ccc(C#CCN)cc2)o1. The lowest BCUT2D eigenvalue weighted by Crippen LogP contribution is -2.22. The van der Waals surface area contributed by atoms with Crippen molar-refractivity contribution in [2.45, 2.75) is 13.5 Å². The first kappa shape index (κ1) is 13.9. The van der Waals surface area contributed by atoms with Crippen LogP contribution in [0.1, 0.15) is 27.4 Å². The average Bonchev–Trinajstić information content (AvgIpc) is 2.90. The van der Waals surface area contributed by atoms with Crippen LogP contribution in [0.4, 0.5) is 0 Å². The van der Waals surface area contributed by atoms with E-state index < -0.39 is 0 Å². The van der Waals surface area contributed by atoms with Crippen molar-refractivity contribution in [2.24, 2.45) is 5.73 Å². The Labute approximate surface area is 118 Å². The number of nitrogens with two attached hydrogens (primary N) is 1. The van der Waals surface area contributed by atoms with Crippen LogP contribution < -0.4 is 11.1 Å². The number of hydrogen-bond acceptors (Lipinski definition) is 3. The van der Waals surface area contributed by atoms with E-state index in [0.717, 1.165) is 16.9 Å². The lowest BCUT2D eigenvalue weighted by atomic mass is 10.1. The van der Waals surface area contributed by atoms with Crippen LogP contribution >= 0.6 is 0 Å². The zero-order valence-electron chi connectivity index (χ0n) is 11.3. The number of nitrogens with one attached hydrogen (secondary N) is 1. The molecule has 1 amide bonds. The number of aryl methyl sites for hydroxylation is 1. The maximum Gasteiger partial charge on any atom is 0.287 e. The van der Waals surface area contributed by atoms with E-state index in [4.69, 9.17) is 10.2 Å². The van der Waals surface area contributed by atoms with Crippen LogP contribution in [0.15, 0.2) is 40.8 Å². The molecule has 0 atom stereocenters. The predicted octanol–water partition coefficient (Wildman–Crippen LogP) is 1.83. The van der Waals surface area contributed by atoms with E-state index in [1.807, 2.05) is 24.3 Å². The third-order valence-corrected chi connectivity index (χ3v) is 2.71. The second kappa shape index (κ2) is 6.60. The van der Waals surface area contributed by atoms with Crippen LogP contribution in [0.5, 0.6) is 0 Å². The predicted molar refractivity (Wildman–Crippen MR) is 77.0 cm³/mol. The van der Waals surface area contributed by atoms with E-state index in [2.05, 4.69) is 17.2 Å². The Bertz CT molecular complexity index is 645. The van der Waals surface area contributed by atoms with Crippen LogP contribution in [0.2, 0.25) is 0 Å². The Balaban J connectivity index is 1.92. The van der Waals surface area contributed by atoms with Gasteiger partial charge in [-0.1, -0.05) is 24.0 Å². The Kier molecular flexibility index (Phi) is 4.59. The van der Waals surface area contributed by atoms with E-state index in [-0.39, 0.29) is 5.91 Å². The number of rotatable bonds is 3. The summed E-state index contributed by atoms with van der Waals surface area (Å²) < 4.78 is 5.25. The van der Waals surface area contributed by atoms with Gasteiger partial charge in [-0.2, -0.15) is 0 Å². The summed E-state index contributed by atoms with van der Waals surface area (Å²) in [6.07, 6.45) is 0. The van der Waals surface area contributed by atoms with Gasteiger partial charge in [0.2, 0.25) is 0 Å². The first-order chi connectivity index (χ1) is 9.69. The van der Waals surface area contributed by atoms with Crippen molar-refractivity contribution in [1.82, 2.24) is 5.32 Å². The number of furan rings is 1. The Morgan fingerprint density at radius 2 is 2.00 bits per heavy atom. The first-order valence-corrected chi connectivity index (χ1v) is 6.31. The topological polar surface area (TPSA) is 68.3 Å². The zero-order valence-corrected chi connectivity index (χ0v) is 11.3. The highest BCUT2D eigenvalue weighted by molar-refractivity contribution is 5.91. The van der Waals surface area contributed by atoms with Crippen molar-refractivity contribution in [3.8, 4) is 11.8 Å². The van der Waals surface area contributed by atoms with Gasteiger partial charge in [0.1, 0.15) is 5.76 Å². The Morgan fingerprint density at radius 1 is 1.25 bits per heavy atom. The van der Waals surface area contributed by atoms with Gasteiger partial charge in [0.15, 0.2) is 5.76 Å². The molecule has 0 radical (unpaired) electrons. The maximum absolute atomic E-state index is 11.8. The standard InChI is InChI=1S/C16H16N2O2/c1-12-4-9-15(20-12)16(19)18-11-14-7-5-13(6-8-14)3-2-10-17/h4-9H,10-11,17H2,1H3,(H,18,19). The fourth-order valence-corrected chi connectivity index (χ4v) is 1.69. The molecule has 102 valence electrons. The fourth-order valence-electron chi connectivity index (χ4n) is 1.69. The van der Waals surface area contributed by atoms with Crippen LogP contribution in [-0.2, 0) is 6.54 Å². The molecule has 0 bridgehead atoms. The number of carbonyl (C=O) groups is 1. The molecule has 0 aliphatic heterocycles. The molecule has 3 N–H and O–H groups in total. The van der Waals surface area contributed by atoms with E-state index in [1.165, 1.54) is 0 Å². The molecule has 0 unspecified atom stereocenters. The summed E-state index contributed by atoms with van der Waals surface area (Å²) in [6.45, 7) is 2.60.